The molecular weight excluding hydrogens is 351 g/mol. The van der Waals surface area contributed by atoms with Crippen LogP contribution in [-0.2, 0) is 4.79 Å². The first-order valence-corrected chi connectivity index (χ1v) is 8.28. The van der Waals surface area contributed by atoms with Crippen molar-refractivity contribution >= 4 is 34.9 Å². The number of hydrogen-bond donors (Lipinski definition) is 1. The molecule has 1 saturated heterocycles. The first-order valence-electron chi connectivity index (χ1n) is 7.52. The maximum Gasteiger partial charge on any atom is 0.234 e. The Kier molecular flexibility index (Phi) is 5.06. The van der Waals surface area contributed by atoms with Gasteiger partial charge in [0.05, 0.1) is 12.7 Å². The summed E-state index contributed by atoms with van der Waals surface area (Å²) >= 11 is 12.0. The summed E-state index contributed by atoms with van der Waals surface area (Å²) in [6, 6.07) is 5.06. The highest BCUT2D eigenvalue weighted by Crippen LogP contribution is 2.29. The van der Waals surface area contributed by atoms with Gasteiger partial charge in [0, 0.05) is 28.6 Å². The van der Waals surface area contributed by atoms with Crippen LogP contribution in [0.15, 0.2) is 24.4 Å². The summed E-state index contributed by atoms with van der Waals surface area (Å²) in [4.78, 5) is 21.8. The van der Waals surface area contributed by atoms with Gasteiger partial charge in [-0.25, -0.2) is 4.98 Å². The molecule has 24 heavy (non-hydrogen) atoms. The minimum atomic E-state index is 0.164. The van der Waals surface area contributed by atoms with Gasteiger partial charge < -0.3 is 15.4 Å². The number of amides is 1. The number of carbonyl (C=O) groups excluding carboxylic acids is 1. The van der Waals surface area contributed by atoms with Crippen molar-refractivity contribution in [3.05, 3.63) is 34.4 Å². The Morgan fingerprint density at radius 1 is 1.25 bits per heavy atom. The summed E-state index contributed by atoms with van der Waals surface area (Å²) in [5, 5.41) is 0.989. The highest BCUT2D eigenvalue weighted by Gasteiger charge is 2.19. The number of rotatable bonds is 5. The van der Waals surface area contributed by atoms with Crippen LogP contribution in [0.25, 0.3) is 11.3 Å². The second-order valence-electron chi connectivity index (χ2n) is 5.43. The Hall–Kier alpha value is -2.05. The molecule has 2 aromatic rings. The summed E-state index contributed by atoms with van der Waals surface area (Å²) in [7, 11) is 0. The summed E-state index contributed by atoms with van der Waals surface area (Å²) in [6.45, 7) is 1.67. The molecular formula is C16H16Cl2N4O2. The van der Waals surface area contributed by atoms with E-state index in [0.29, 0.717) is 46.8 Å². The lowest BCUT2D eigenvalue weighted by Gasteiger charge is -2.15. The number of likely N-dealkylation sites (tertiary alicyclic amines) is 1. The number of carbonyl (C=O) groups is 1. The van der Waals surface area contributed by atoms with Crippen molar-refractivity contribution in [2.75, 3.05) is 25.4 Å². The summed E-state index contributed by atoms with van der Waals surface area (Å²) in [5.41, 5.74) is 7.14. The normalized spacial score (nSPS) is 14.2. The van der Waals surface area contributed by atoms with Crippen molar-refractivity contribution in [1.29, 1.82) is 0 Å². The predicted octanol–water partition coefficient (Wildman–Crippen LogP) is 3.03. The number of hydrogen-bond acceptors (Lipinski definition) is 5. The van der Waals surface area contributed by atoms with Crippen molar-refractivity contribution in [2.24, 2.45) is 0 Å². The maximum absolute atomic E-state index is 11.5. The van der Waals surface area contributed by atoms with E-state index in [-0.39, 0.29) is 11.7 Å². The summed E-state index contributed by atoms with van der Waals surface area (Å²) in [5.74, 6) is 0.705. The van der Waals surface area contributed by atoms with Gasteiger partial charge in [-0.15, -0.1) is 0 Å². The zero-order valence-electron chi connectivity index (χ0n) is 12.8. The molecule has 1 aliphatic rings. The molecule has 0 bridgehead atoms. The van der Waals surface area contributed by atoms with Crippen LogP contribution in [0.2, 0.25) is 10.0 Å². The second-order valence-corrected chi connectivity index (χ2v) is 6.31. The molecule has 1 fully saturated rings. The van der Waals surface area contributed by atoms with E-state index in [0.717, 1.165) is 13.0 Å². The van der Waals surface area contributed by atoms with E-state index in [2.05, 4.69) is 9.97 Å². The lowest BCUT2D eigenvalue weighted by molar-refractivity contribution is -0.128. The fraction of sp³-hybridized carbons (Fsp3) is 0.312. The van der Waals surface area contributed by atoms with Gasteiger partial charge in [0.1, 0.15) is 12.3 Å². The maximum atomic E-state index is 11.5. The fourth-order valence-corrected chi connectivity index (χ4v) is 3.10. The van der Waals surface area contributed by atoms with Gasteiger partial charge in [-0.1, -0.05) is 23.2 Å². The molecule has 0 spiro atoms. The molecule has 1 aliphatic heterocycles. The number of aromatic nitrogens is 2. The highest BCUT2D eigenvalue weighted by molar-refractivity contribution is 6.35. The number of anilines is 1. The molecule has 1 aromatic heterocycles. The SMILES string of the molecule is Nc1nc(OCCN2CCCC2=O)cnc1-c1cc(Cl)cc(Cl)c1. The minimum Gasteiger partial charge on any atom is -0.475 e. The molecule has 0 radical (unpaired) electrons. The predicted molar refractivity (Wildman–Crippen MR) is 93.2 cm³/mol. The van der Waals surface area contributed by atoms with E-state index in [4.69, 9.17) is 33.7 Å². The molecule has 3 rings (SSSR count). The molecule has 1 amide bonds. The third-order valence-electron chi connectivity index (χ3n) is 3.70. The molecule has 6 nitrogen and oxygen atoms in total. The van der Waals surface area contributed by atoms with Gasteiger partial charge in [-0.3, -0.25) is 4.79 Å². The van der Waals surface area contributed by atoms with E-state index in [1.165, 1.54) is 6.20 Å². The first-order chi connectivity index (χ1) is 11.5. The van der Waals surface area contributed by atoms with E-state index >= 15 is 0 Å². The fourth-order valence-electron chi connectivity index (χ4n) is 2.57. The number of benzene rings is 1. The van der Waals surface area contributed by atoms with Gasteiger partial charge in [-0.05, 0) is 24.6 Å². The van der Waals surface area contributed by atoms with Gasteiger partial charge in [0.2, 0.25) is 11.8 Å². The molecule has 0 unspecified atom stereocenters. The van der Waals surface area contributed by atoms with Crippen LogP contribution < -0.4 is 10.5 Å². The molecule has 0 atom stereocenters. The van der Waals surface area contributed by atoms with Crippen LogP contribution >= 0.6 is 23.2 Å². The molecule has 2 N–H and O–H groups in total. The smallest absolute Gasteiger partial charge is 0.234 e. The van der Waals surface area contributed by atoms with Gasteiger partial charge in [-0.2, -0.15) is 4.98 Å². The van der Waals surface area contributed by atoms with Gasteiger partial charge in [0.25, 0.3) is 0 Å². The van der Waals surface area contributed by atoms with Crippen molar-refractivity contribution in [1.82, 2.24) is 14.9 Å². The molecule has 2 heterocycles. The van der Waals surface area contributed by atoms with Crippen molar-refractivity contribution in [3.63, 3.8) is 0 Å². The van der Waals surface area contributed by atoms with Crippen LogP contribution in [0.5, 0.6) is 5.88 Å². The molecule has 0 saturated carbocycles. The second kappa shape index (κ2) is 7.23. The topological polar surface area (TPSA) is 81.3 Å². The molecule has 1 aromatic carbocycles. The highest BCUT2D eigenvalue weighted by atomic mass is 35.5. The lowest BCUT2D eigenvalue weighted by atomic mass is 10.1. The van der Waals surface area contributed by atoms with Gasteiger partial charge >= 0.3 is 0 Å². The zero-order valence-corrected chi connectivity index (χ0v) is 14.3. The summed E-state index contributed by atoms with van der Waals surface area (Å²) < 4.78 is 5.54. The Labute approximate surface area is 149 Å². The Balaban J connectivity index is 1.67. The Morgan fingerprint density at radius 3 is 2.62 bits per heavy atom. The van der Waals surface area contributed by atoms with E-state index < -0.39 is 0 Å². The average molecular weight is 367 g/mol. The first kappa shape index (κ1) is 16.8. The average Bonchev–Trinajstić information content (AvgIpc) is 2.92. The Morgan fingerprint density at radius 2 is 2.00 bits per heavy atom. The number of nitrogens with two attached hydrogens (primary N) is 1. The standard InChI is InChI=1S/C16H16Cl2N4O2/c17-11-6-10(7-12(18)8-11)15-16(19)21-13(9-20-15)24-5-4-22-3-1-2-14(22)23/h6-9H,1-5H2,(H2,19,21). The van der Waals surface area contributed by atoms with E-state index in [1.807, 2.05) is 0 Å². The van der Waals surface area contributed by atoms with Crippen LogP contribution in [-0.4, -0.2) is 40.5 Å². The third kappa shape index (κ3) is 3.88. The Bertz CT molecular complexity index is 749. The third-order valence-corrected chi connectivity index (χ3v) is 4.13. The molecule has 8 heteroatoms. The number of nitrogen functional groups attached to an aromatic ring is 1. The zero-order chi connectivity index (χ0) is 17.1. The van der Waals surface area contributed by atoms with Crippen molar-refractivity contribution in [3.8, 4) is 17.1 Å². The van der Waals surface area contributed by atoms with Crippen molar-refractivity contribution in [2.45, 2.75) is 12.8 Å². The number of ether oxygens (including phenoxy) is 1. The van der Waals surface area contributed by atoms with Gasteiger partial charge in [0.15, 0.2) is 5.82 Å². The van der Waals surface area contributed by atoms with Crippen LogP contribution in [0, 0.1) is 0 Å². The van der Waals surface area contributed by atoms with Crippen LogP contribution in [0.1, 0.15) is 12.8 Å². The quantitative estimate of drug-likeness (QED) is 0.879. The van der Waals surface area contributed by atoms with Crippen molar-refractivity contribution < 1.29 is 9.53 Å². The number of nitrogens with zero attached hydrogens (tertiary/aromatic N) is 3. The van der Waals surface area contributed by atoms with E-state index in [9.17, 15) is 4.79 Å². The lowest BCUT2D eigenvalue weighted by Crippen LogP contribution is -2.29. The molecule has 126 valence electrons. The minimum absolute atomic E-state index is 0.164. The van der Waals surface area contributed by atoms with Crippen LogP contribution in [0.4, 0.5) is 5.82 Å². The summed E-state index contributed by atoms with van der Waals surface area (Å²) in [6.07, 6.45) is 3.01. The monoisotopic (exact) mass is 366 g/mol. The molecule has 0 aliphatic carbocycles. The largest absolute Gasteiger partial charge is 0.475 e. The number of halogens is 2. The van der Waals surface area contributed by atoms with Crippen LogP contribution in [0.3, 0.4) is 0 Å². The van der Waals surface area contributed by atoms with E-state index in [1.54, 1.807) is 23.1 Å².